The van der Waals surface area contributed by atoms with Gasteiger partial charge in [-0.2, -0.15) is 0 Å². The van der Waals surface area contributed by atoms with Crippen LogP contribution in [0.15, 0.2) is 41.6 Å². The molecule has 1 aromatic rings. The molecule has 0 saturated carbocycles. The summed E-state index contributed by atoms with van der Waals surface area (Å²) < 4.78 is 14.8. The smallest absolute Gasteiger partial charge is 0.347 e. The Morgan fingerprint density at radius 1 is 0.926 bits per heavy atom. The zero-order chi connectivity index (χ0) is 20.8. The van der Waals surface area contributed by atoms with Crippen LogP contribution in [0.1, 0.15) is 26.3 Å². The molecule has 0 N–H and O–H groups in total. The van der Waals surface area contributed by atoms with Gasteiger partial charge in [-0.1, -0.05) is 32.9 Å². The van der Waals surface area contributed by atoms with Crippen molar-refractivity contribution in [3.8, 4) is 5.75 Å². The van der Waals surface area contributed by atoms with E-state index in [1.807, 2.05) is 30.3 Å². The molecule has 0 radical (unpaired) electrons. The molecule has 0 amide bonds. The SMILES string of the molecule is COC(=O)C(C(=O)OC)=C(/C=C(/c1ccc(OC)cc1)C(C)(C)C)N(C)C. The molecule has 0 unspecified atom stereocenters. The predicted octanol–water partition coefficient (Wildman–Crippen LogP) is 3.29. The summed E-state index contributed by atoms with van der Waals surface area (Å²) in [5.74, 6) is -0.741. The number of allylic oxidation sites excluding steroid dienone is 2. The predicted molar refractivity (Wildman–Crippen MR) is 105 cm³/mol. The Labute approximate surface area is 161 Å². The van der Waals surface area contributed by atoms with Crippen LogP contribution in [0.25, 0.3) is 5.57 Å². The van der Waals surface area contributed by atoms with Crippen molar-refractivity contribution in [2.75, 3.05) is 35.4 Å². The number of hydrogen-bond acceptors (Lipinski definition) is 6. The third kappa shape index (κ3) is 5.61. The van der Waals surface area contributed by atoms with Crippen LogP contribution >= 0.6 is 0 Å². The molecule has 0 bridgehead atoms. The Morgan fingerprint density at radius 3 is 1.74 bits per heavy atom. The number of nitrogens with zero attached hydrogens (tertiary/aromatic N) is 1. The lowest BCUT2D eigenvalue weighted by Crippen LogP contribution is -2.24. The monoisotopic (exact) mass is 375 g/mol. The van der Waals surface area contributed by atoms with Gasteiger partial charge in [-0.05, 0) is 34.8 Å². The Hall–Kier alpha value is -2.76. The van der Waals surface area contributed by atoms with Crippen LogP contribution in [0.2, 0.25) is 0 Å². The molecule has 148 valence electrons. The second-order valence-electron chi connectivity index (χ2n) is 7.17. The molecule has 0 spiro atoms. The standard InChI is InChI=1S/C21H29NO5/c1-21(2,3)16(14-9-11-15(25-6)12-10-14)13-17(22(4)5)18(19(23)26-7)20(24)27-8/h9-13H,1-8H3/b16-13-. The van der Waals surface area contributed by atoms with E-state index in [0.29, 0.717) is 5.70 Å². The first kappa shape index (κ1) is 22.3. The lowest BCUT2D eigenvalue weighted by molar-refractivity contribution is -0.144. The Bertz CT molecular complexity index is 719. The highest BCUT2D eigenvalue weighted by molar-refractivity contribution is 6.15. The van der Waals surface area contributed by atoms with Gasteiger partial charge < -0.3 is 19.1 Å². The molecule has 1 aromatic carbocycles. The summed E-state index contributed by atoms with van der Waals surface area (Å²) in [6, 6.07) is 7.63. The summed E-state index contributed by atoms with van der Waals surface area (Å²) in [7, 11) is 7.59. The fraction of sp³-hybridized carbons (Fsp3) is 0.429. The molecule has 1 rings (SSSR count). The molecule has 0 fully saturated rings. The van der Waals surface area contributed by atoms with Gasteiger partial charge in [-0.15, -0.1) is 0 Å². The summed E-state index contributed by atoms with van der Waals surface area (Å²) >= 11 is 0. The maximum absolute atomic E-state index is 12.3. The van der Waals surface area contributed by atoms with Crippen LogP contribution in [-0.4, -0.2) is 52.3 Å². The van der Waals surface area contributed by atoms with Crippen LogP contribution in [0.5, 0.6) is 5.75 Å². The molecule has 0 aliphatic carbocycles. The largest absolute Gasteiger partial charge is 0.497 e. The van der Waals surface area contributed by atoms with Crippen molar-refractivity contribution in [1.82, 2.24) is 4.90 Å². The highest BCUT2D eigenvalue weighted by atomic mass is 16.5. The number of methoxy groups -OCH3 is 3. The third-order valence-electron chi connectivity index (χ3n) is 4.01. The van der Waals surface area contributed by atoms with E-state index < -0.39 is 11.9 Å². The van der Waals surface area contributed by atoms with Crippen molar-refractivity contribution in [2.45, 2.75) is 20.8 Å². The van der Waals surface area contributed by atoms with E-state index in [1.165, 1.54) is 14.2 Å². The fourth-order valence-corrected chi connectivity index (χ4v) is 2.56. The summed E-state index contributed by atoms with van der Waals surface area (Å²) in [5, 5.41) is 0. The van der Waals surface area contributed by atoms with Gasteiger partial charge in [0.25, 0.3) is 0 Å². The van der Waals surface area contributed by atoms with Crippen molar-refractivity contribution >= 4 is 17.5 Å². The zero-order valence-electron chi connectivity index (χ0n) is 17.4. The number of carbonyl (C=O) groups is 2. The maximum atomic E-state index is 12.3. The van der Waals surface area contributed by atoms with E-state index in [-0.39, 0.29) is 11.0 Å². The summed E-state index contributed by atoms with van der Waals surface area (Å²) in [6.07, 6.45) is 1.82. The average Bonchev–Trinajstić information content (AvgIpc) is 2.62. The second-order valence-corrected chi connectivity index (χ2v) is 7.17. The van der Waals surface area contributed by atoms with Gasteiger partial charge in [0.15, 0.2) is 5.57 Å². The van der Waals surface area contributed by atoms with Gasteiger partial charge in [0.05, 0.1) is 27.0 Å². The van der Waals surface area contributed by atoms with Gasteiger partial charge in [-0.3, -0.25) is 0 Å². The molecule has 0 aromatic heterocycles. The number of carbonyl (C=O) groups excluding carboxylic acids is 2. The molecule has 0 atom stereocenters. The number of ether oxygens (including phenoxy) is 3. The van der Waals surface area contributed by atoms with Gasteiger partial charge in [-0.25, -0.2) is 9.59 Å². The highest BCUT2D eigenvalue weighted by Gasteiger charge is 2.27. The molecule has 0 saturated heterocycles. The van der Waals surface area contributed by atoms with Crippen LogP contribution in [-0.2, 0) is 19.1 Å². The minimum Gasteiger partial charge on any atom is -0.497 e. The van der Waals surface area contributed by atoms with Crippen molar-refractivity contribution < 1.29 is 23.8 Å². The highest BCUT2D eigenvalue weighted by Crippen LogP contribution is 2.36. The van der Waals surface area contributed by atoms with E-state index in [1.54, 1.807) is 26.1 Å². The molecule has 0 aliphatic heterocycles. The average molecular weight is 375 g/mol. The number of rotatable bonds is 6. The molecule has 27 heavy (non-hydrogen) atoms. The molecule has 0 heterocycles. The lowest BCUT2D eigenvalue weighted by Gasteiger charge is -2.26. The van der Waals surface area contributed by atoms with Crippen LogP contribution in [0, 0.1) is 5.41 Å². The van der Waals surface area contributed by atoms with E-state index in [4.69, 9.17) is 14.2 Å². The van der Waals surface area contributed by atoms with E-state index in [2.05, 4.69) is 20.8 Å². The maximum Gasteiger partial charge on any atom is 0.347 e. The number of hydrogen-bond donors (Lipinski definition) is 0. The van der Waals surface area contributed by atoms with Crippen LogP contribution < -0.4 is 4.74 Å². The molecule has 0 aliphatic rings. The third-order valence-corrected chi connectivity index (χ3v) is 4.01. The van der Waals surface area contributed by atoms with Crippen molar-refractivity contribution in [2.24, 2.45) is 5.41 Å². The topological polar surface area (TPSA) is 65.1 Å². The Kier molecular flexibility index (Phi) is 7.64. The van der Waals surface area contributed by atoms with Gasteiger partial charge in [0.2, 0.25) is 0 Å². The number of esters is 2. The van der Waals surface area contributed by atoms with Crippen molar-refractivity contribution in [3.05, 3.63) is 47.2 Å². The summed E-state index contributed by atoms with van der Waals surface area (Å²) in [5.41, 5.74) is 1.90. The van der Waals surface area contributed by atoms with Gasteiger partial charge in [0, 0.05) is 14.1 Å². The lowest BCUT2D eigenvalue weighted by atomic mass is 9.81. The molecular weight excluding hydrogens is 346 g/mol. The van der Waals surface area contributed by atoms with Crippen molar-refractivity contribution in [3.63, 3.8) is 0 Å². The van der Waals surface area contributed by atoms with E-state index >= 15 is 0 Å². The fourth-order valence-electron chi connectivity index (χ4n) is 2.56. The quantitative estimate of drug-likeness (QED) is 0.250. The first-order valence-corrected chi connectivity index (χ1v) is 8.51. The minimum absolute atomic E-state index is 0.153. The summed E-state index contributed by atoms with van der Waals surface area (Å²) in [6.45, 7) is 6.19. The van der Waals surface area contributed by atoms with Crippen molar-refractivity contribution in [1.29, 1.82) is 0 Å². The van der Waals surface area contributed by atoms with Crippen LogP contribution in [0.3, 0.4) is 0 Å². The van der Waals surface area contributed by atoms with Crippen LogP contribution in [0.4, 0.5) is 0 Å². The molecule has 6 nitrogen and oxygen atoms in total. The van der Waals surface area contributed by atoms with E-state index in [9.17, 15) is 9.59 Å². The first-order chi connectivity index (χ1) is 12.6. The minimum atomic E-state index is -0.746. The van der Waals surface area contributed by atoms with E-state index in [0.717, 1.165) is 16.9 Å². The van der Waals surface area contributed by atoms with Gasteiger partial charge in [0.1, 0.15) is 5.75 Å². The summed E-state index contributed by atoms with van der Waals surface area (Å²) in [4.78, 5) is 26.2. The molecular formula is C21H29NO5. The Morgan fingerprint density at radius 2 is 1.41 bits per heavy atom. The zero-order valence-corrected chi connectivity index (χ0v) is 17.4. The second kappa shape index (κ2) is 9.26. The molecule has 6 heteroatoms. The number of likely N-dealkylation sites (N-methyl/N-ethyl adjacent to an activating group) is 1. The number of benzene rings is 1. The Balaban J connectivity index is 3.74. The first-order valence-electron chi connectivity index (χ1n) is 8.51. The normalized spacial score (nSPS) is 11.5. The van der Waals surface area contributed by atoms with Gasteiger partial charge >= 0.3 is 11.9 Å².